The fourth-order valence-corrected chi connectivity index (χ4v) is 4.32. The topological polar surface area (TPSA) is 110 Å². The molecule has 1 unspecified atom stereocenters. The number of fused-ring (bicyclic) bond motifs is 1. The number of nitrogens with zero attached hydrogens (tertiary/aromatic N) is 3. The molecule has 180 valence electrons. The Labute approximate surface area is 203 Å². The summed E-state index contributed by atoms with van der Waals surface area (Å²) in [6.45, 7) is 7.17. The molecule has 1 fully saturated rings. The molecule has 0 bridgehead atoms. The van der Waals surface area contributed by atoms with Crippen LogP contribution in [-0.2, 0) is 4.74 Å². The van der Waals surface area contributed by atoms with Gasteiger partial charge in [0, 0.05) is 23.1 Å². The molecule has 0 saturated carbocycles. The highest BCUT2D eigenvalue weighted by Crippen LogP contribution is 2.35. The molecular formula is C24H29ClN6O3. The molecule has 0 radical (unpaired) electrons. The summed E-state index contributed by atoms with van der Waals surface area (Å²) in [5.41, 5.74) is 1.44. The minimum Gasteiger partial charge on any atom is -0.444 e. The first-order valence-electron chi connectivity index (χ1n) is 11.3. The summed E-state index contributed by atoms with van der Waals surface area (Å²) in [5, 5.41) is 14.0. The predicted molar refractivity (Wildman–Crippen MR) is 130 cm³/mol. The van der Waals surface area contributed by atoms with Crippen LogP contribution in [0.25, 0.3) is 5.65 Å². The number of carbonyl (C=O) groups is 2. The SMILES string of the molecule is CC(C)(C)OC(=O)NC(c1ccc(Cl)cc1NC(=O)c1cnn2cccnc12)C1CCNCC1. The van der Waals surface area contributed by atoms with E-state index in [1.165, 1.54) is 10.7 Å². The van der Waals surface area contributed by atoms with Crippen LogP contribution < -0.4 is 16.0 Å². The van der Waals surface area contributed by atoms with E-state index >= 15 is 0 Å². The number of rotatable bonds is 5. The third-order valence-corrected chi connectivity index (χ3v) is 5.89. The number of benzene rings is 1. The quantitative estimate of drug-likeness (QED) is 0.500. The van der Waals surface area contributed by atoms with Gasteiger partial charge in [-0.05, 0) is 76.4 Å². The van der Waals surface area contributed by atoms with Crippen molar-refractivity contribution in [1.82, 2.24) is 25.2 Å². The molecule has 3 heterocycles. The van der Waals surface area contributed by atoms with Crippen LogP contribution in [0.15, 0.2) is 42.9 Å². The van der Waals surface area contributed by atoms with Crippen LogP contribution in [-0.4, -0.2) is 45.3 Å². The number of amides is 2. The number of piperidine rings is 1. The fraction of sp³-hybridized carbons (Fsp3) is 0.417. The molecule has 1 aromatic carbocycles. The Morgan fingerprint density at radius 3 is 2.76 bits per heavy atom. The third-order valence-electron chi connectivity index (χ3n) is 5.65. The molecule has 0 spiro atoms. The van der Waals surface area contributed by atoms with Crippen LogP contribution in [0.3, 0.4) is 0 Å². The van der Waals surface area contributed by atoms with E-state index in [9.17, 15) is 9.59 Å². The monoisotopic (exact) mass is 484 g/mol. The molecule has 1 aliphatic rings. The molecule has 9 nitrogen and oxygen atoms in total. The second-order valence-electron chi connectivity index (χ2n) is 9.34. The van der Waals surface area contributed by atoms with Crippen molar-refractivity contribution >= 4 is 34.9 Å². The highest BCUT2D eigenvalue weighted by molar-refractivity contribution is 6.31. The average molecular weight is 485 g/mol. The van der Waals surface area contributed by atoms with Crippen molar-refractivity contribution in [2.75, 3.05) is 18.4 Å². The lowest BCUT2D eigenvalue weighted by atomic mass is 9.85. The van der Waals surface area contributed by atoms with E-state index in [-0.39, 0.29) is 17.9 Å². The molecule has 4 rings (SSSR count). The van der Waals surface area contributed by atoms with Gasteiger partial charge in [0.15, 0.2) is 5.65 Å². The molecule has 2 aromatic heterocycles. The maximum Gasteiger partial charge on any atom is 0.408 e. The summed E-state index contributed by atoms with van der Waals surface area (Å²) in [7, 11) is 0. The van der Waals surface area contributed by atoms with Crippen molar-refractivity contribution in [1.29, 1.82) is 0 Å². The summed E-state index contributed by atoms with van der Waals surface area (Å²) in [4.78, 5) is 30.2. The molecule has 1 saturated heterocycles. The van der Waals surface area contributed by atoms with Crippen LogP contribution in [0.4, 0.5) is 10.5 Å². The van der Waals surface area contributed by atoms with Gasteiger partial charge < -0.3 is 20.7 Å². The smallest absolute Gasteiger partial charge is 0.408 e. The highest BCUT2D eigenvalue weighted by Gasteiger charge is 2.31. The normalized spacial score (nSPS) is 15.6. The molecule has 1 atom stereocenters. The van der Waals surface area contributed by atoms with E-state index in [2.05, 4.69) is 26.0 Å². The number of ether oxygens (including phenoxy) is 1. The Kier molecular flexibility index (Phi) is 7.04. The summed E-state index contributed by atoms with van der Waals surface area (Å²) < 4.78 is 7.07. The zero-order valence-corrected chi connectivity index (χ0v) is 20.2. The Hall–Kier alpha value is -3.17. The zero-order valence-electron chi connectivity index (χ0n) is 19.5. The van der Waals surface area contributed by atoms with Crippen LogP contribution in [0, 0.1) is 5.92 Å². The first kappa shape index (κ1) is 24.0. The first-order valence-corrected chi connectivity index (χ1v) is 11.7. The van der Waals surface area contributed by atoms with E-state index in [1.807, 2.05) is 26.8 Å². The number of nitrogens with one attached hydrogen (secondary N) is 3. The van der Waals surface area contributed by atoms with Gasteiger partial charge in [-0.3, -0.25) is 4.79 Å². The van der Waals surface area contributed by atoms with Gasteiger partial charge in [-0.15, -0.1) is 0 Å². The zero-order chi connectivity index (χ0) is 24.3. The average Bonchev–Trinajstić information content (AvgIpc) is 3.22. The molecule has 3 aromatic rings. The van der Waals surface area contributed by atoms with Gasteiger partial charge in [-0.25, -0.2) is 14.3 Å². The van der Waals surface area contributed by atoms with E-state index < -0.39 is 11.7 Å². The van der Waals surface area contributed by atoms with Crippen LogP contribution in [0.2, 0.25) is 5.02 Å². The van der Waals surface area contributed by atoms with Crippen molar-refractivity contribution < 1.29 is 14.3 Å². The van der Waals surface area contributed by atoms with Gasteiger partial charge in [-0.2, -0.15) is 5.10 Å². The van der Waals surface area contributed by atoms with E-state index in [4.69, 9.17) is 16.3 Å². The number of carbonyl (C=O) groups excluding carboxylic acids is 2. The summed E-state index contributed by atoms with van der Waals surface area (Å²) >= 11 is 6.30. The van der Waals surface area contributed by atoms with Gasteiger partial charge in [-0.1, -0.05) is 17.7 Å². The lowest BCUT2D eigenvalue weighted by Crippen LogP contribution is -2.41. The second kappa shape index (κ2) is 9.99. The maximum absolute atomic E-state index is 13.2. The Morgan fingerprint density at radius 1 is 1.26 bits per heavy atom. The van der Waals surface area contributed by atoms with Crippen molar-refractivity contribution in [3.63, 3.8) is 0 Å². The lowest BCUT2D eigenvalue weighted by molar-refractivity contribution is 0.0477. The molecule has 3 N–H and O–H groups in total. The standard InChI is InChI=1S/C24H29ClN6O3/c1-24(2,3)34-23(33)30-20(15-7-10-26-11-8-15)17-6-5-16(25)13-19(17)29-22(32)18-14-28-31-12-4-9-27-21(18)31/h4-6,9,12-15,20,26H,7-8,10-11H2,1-3H3,(H,29,32)(H,30,33). The fourth-order valence-electron chi connectivity index (χ4n) is 4.15. The van der Waals surface area contributed by atoms with Gasteiger partial charge in [0.05, 0.1) is 12.2 Å². The van der Waals surface area contributed by atoms with Gasteiger partial charge >= 0.3 is 6.09 Å². The minimum atomic E-state index is -0.629. The number of alkyl carbamates (subject to hydrolysis) is 1. The van der Waals surface area contributed by atoms with Crippen molar-refractivity contribution in [2.24, 2.45) is 5.92 Å². The van der Waals surface area contributed by atoms with Crippen molar-refractivity contribution in [3.05, 3.63) is 59.0 Å². The summed E-state index contributed by atoms with van der Waals surface area (Å²) in [6, 6.07) is 6.66. The predicted octanol–water partition coefficient (Wildman–Crippen LogP) is 4.20. The molecule has 0 aliphatic carbocycles. The molecule has 10 heteroatoms. The Bertz CT molecular complexity index is 1180. The second-order valence-corrected chi connectivity index (χ2v) is 9.78. The minimum absolute atomic E-state index is 0.157. The summed E-state index contributed by atoms with van der Waals surface area (Å²) in [5.74, 6) is -0.206. The highest BCUT2D eigenvalue weighted by atomic mass is 35.5. The Balaban J connectivity index is 1.66. The van der Waals surface area contributed by atoms with Crippen LogP contribution in [0.5, 0.6) is 0 Å². The van der Waals surface area contributed by atoms with Crippen LogP contribution in [0.1, 0.15) is 55.6 Å². The van der Waals surface area contributed by atoms with E-state index in [0.717, 1.165) is 31.5 Å². The van der Waals surface area contributed by atoms with Gasteiger partial charge in [0.25, 0.3) is 5.91 Å². The van der Waals surface area contributed by atoms with Crippen molar-refractivity contribution in [3.8, 4) is 0 Å². The molecule has 1 aliphatic heterocycles. The largest absolute Gasteiger partial charge is 0.444 e. The number of aromatic nitrogens is 3. The lowest BCUT2D eigenvalue weighted by Gasteiger charge is -2.33. The summed E-state index contributed by atoms with van der Waals surface area (Å²) in [6.07, 6.45) is 6.04. The van der Waals surface area contributed by atoms with Gasteiger partial charge in [0.1, 0.15) is 11.2 Å². The number of hydrogen-bond donors (Lipinski definition) is 3. The first-order chi connectivity index (χ1) is 16.2. The van der Waals surface area contributed by atoms with E-state index in [1.54, 1.807) is 30.6 Å². The number of anilines is 1. The molecule has 34 heavy (non-hydrogen) atoms. The number of hydrogen-bond acceptors (Lipinski definition) is 6. The maximum atomic E-state index is 13.2. The molecular weight excluding hydrogens is 456 g/mol. The third kappa shape index (κ3) is 5.66. The van der Waals surface area contributed by atoms with Gasteiger partial charge in [0.2, 0.25) is 0 Å². The molecule has 2 amide bonds. The Morgan fingerprint density at radius 2 is 2.03 bits per heavy atom. The van der Waals surface area contributed by atoms with Crippen molar-refractivity contribution in [2.45, 2.75) is 45.3 Å². The van der Waals surface area contributed by atoms with Crippen LogP contribution >= 0.6 is 11.6 Å². The van der Waals surface area contributed by atoms with E-state index in [0.29, 0.717) is 21.9 Å². The number of halogens is 1.